The number of hydrogen-bond acceptors (Lipinski definition) is 2. The SMILES string of the molecule is CC(C(=O)NCC1CNC1)c1ccc(Cl)c(Cl)c1.Cl. The van der Waals surface area contributed by atoms with Crippen molar-refractivity contribution in [3.63, 3.8) is 0 Å². The summed E-state index contributed by atoms with van der Waals surface area (Å²) in [7, 11) is 0. The Labute approximate surface area is 129 Å². The Morgan fingerprint density at radius 2 is 2.11 bits per heavy atom. The lowest BCUT2D eigenvalue weighted by atomic mass is 9.99. The minimum atomic E-state index is -0.215. The fourth-order valence-corrected chi connectivity index (χ4v) is 2.13. The van der Waals surface area contributed by atoms with Crippen molar-refractivity contribution in [1.82, 2.24) is 10.6 Å². The van der Waals surface area contributed by atoms with Gasteiger partial charge in [-0.1, -0.05) is 29.3 Å². The maximum atomic E-state index is 12.0. The second-order valence-corrected chi connectivity index (χ2v) is 5.48. The molecule has 1 heterocycles. The number of rotatable bonds is 4. The second kappa shape index (κ2) is 7.34. The van der Waals surface area contributed by atoms with Crippen LogP contribution in [0.25, 0.3) is 0 Å². The van der Waals surface area contributed by atoms with E-state index in [9.17, 15) is 4.79 Å². The molecule has 1 aliphatic heterocycles. The van der Waals surface area contributed by atoms with Crippen LogP contribution in [0.2, 0.25) is 10.0 Å². The third-order valence-corrected chi connectivity index (χ3v) is 4.01. The summed E-state index contributed by atoms with van der Waals surface area (Å²) in [5.74, 6) is 0.378. The van der Waals surface area contributed by atoms with E-state index < -0.39 is 0 Å². The monoisotopic (exact) mass is 322 g/mol. The molecule has 0 radical (unpaired) electrons. The van der Waals surface area contributed by atoms with E-state index in [-0.39, 0.29) is 24.2 Å². The fraction of sp³-hybridized carbons (Fsp3) is 0.462. The van der Waals surface area contributed by atoms with Crippen molar-refractivity contribution in [1.29, 1.82) is 0 Å². The second-order valence-electron chi connectivity index (χ2n) is 4.66. The highest BCUT2D eigenvalue weighted by molar-refractivity contribution is 6.42. The van der Waals surface area contributed by atoms with Gasteiger partial charge in [-0.3, -0.25) is 4.79 Å². The smallest absolute Gasteiger partial charge is 0.227 e. The summed E-state index contributed by atoms with van der Waals surface area (Å²) in [4.78, 5) is 12.0. The van der Waals surface area contributed by atoms with Gasteiger partial charge in [0.1, 0.15) is 0 Å². The Morgan fingerprint density at radius 1 is 1.42 bits per heavy atom. The Bertz CT molecular complexity index is 450. The predicted molar refractivity (Wildman–Crippen MR) is 81.5 cm³/mol. The van der Waals surface area contributed by atoms with E-state index in [2.05, 4.69) is 10.6 Å². The van der Waals surface area contributed by atoms with Crippen LogP contribution in [0.1, 0.15) is 18.4 Å². The standard InChI is InChI=1S/C13H16Cl2N2O.ClH/c1-8(10-2-3-11(14)12(15)4-10)13(18)17-7-9-5-16-6-9;/h2-4,8-9,16H,5-7H2,1H3,(H,17,18);1H. The molecule has 0 aliphatic carbocycles. The van der Waals surface area contributed by atoms with Crippen molar-refractivity contribution in [2.75, 3.05) is 19.6 Å². The molecular weight excluding hydrogens is 307 g/mol. The van der Waals surface area contributed by atoms with Crippen LogP contribution in [-0.2, 0) is 4.79 Å². The highest BCUT2D eigenvalue weighted by Gasteiger charge is 2.20. The average Bonchev–Trinajstić information content (AvgIpc) is 2.29. The summed E-state index contributed by atoms with van der Waals surface area (Å²) in [6.07, 6.45) is 0. The molecule has 1 aromatic carbocycles. The molecule has 1 atom stereocenters. The van der Waals surface area contributed by atoms with Crippen LogP contribution in [0, 0.1) is 5.92 Å². The number of benzene rings is 1. The molecule has 1 fully saturated rings. The van der Waals surface area contributed by atoms with E-state index in [1.165, 1.54) is 0 Å². The largest absolute Gasteiger partial charge is 0.355 e. The van der Waals surface area contributed by atoms with Crippen molar-refractivity contribution < 1.29 is 4.79 Å². The molecule has 3 nitrogen and oxygen atoms in total. The minimum absolute atomic E-state index is 0. The quantitative estimate of drug-likeness (QED) is 0.894. The van der Waals surface area contributed by atoms with Crippen LogP contribution in [0.3, 0.4) is 0 Å². The van der Waals surface area contributed by atoms with Crippen molar-refractivity contribution in [3.05, 3.63) is 33.8 Å². The van der Waals surface area contributed by atoms with Crippen LogP contribution < -0.4 is 10.6 Å². The van der Waals surface area contributed by atoms with Gasteiger partial charge in [0.2, 0.25) is 5.91 Å². The highest BCUT2D eigenvalue weighted by Crippen LogP contribution is 2.26. The summed E-state index contributed by atoms with van der Waals surface area (Å²) in [5, 5.41) is 7.13. The number of nitrogens with one attached hydrogen (secondary N) is 2. The lowest BCUT2D eigenvalue weighted by molar-refractivity contribution is -0.122. The van der Waals surface area contributed by atoms with Gasteiger partial charge in [-0.25, -0.2) is 0 Å². The van der Waals surface area contributed by atoms with Crippen LogP contribution in [-0.4, -0.2) is 25.5 Å². The van der Waals surface area contributed by atoms with Gasteiger partial charge >= 0.3 is 0 Å². The Hall–Kier alpha value is -0.480. The molecule has 6 heteroatoms. The Kier molecular flexibility index (Phi) is 6.40. The van der Waals surface area contributed by atoms with Crippen LogP contribution in [0.15, 0.2) is 18.2 Å². The number of hydrogen-bond donors (Lipinski definition) is 2. The zero-order valence-electron chi connectivity index (χ0n) is 10.6. The average molecular weight is 324 g/mol. The van der Waals surface area contributed by atoms with E-state index in [1.807, 2.05) is 13.0 Å². The summed E-state index contributed by atoms with van der Waals surface area (Å²) in [5.41, 5.74) is 0.883. The fourth-order valence-electron chi connectivity index (χ4n) is 1.82. The molecule has 0 bridgehead atoms. The Balaban J connectivity index is 0.00000180. The Morgan fingerprint density at radius 3 is 2.63 bits per heavy atom. The van der Waals surface area contributed by atoms with Crippen LogP contribution in [0.4, 0.5) is 0 Å². The lowest BCUT2D eigenvalue weighted by Crippen LogP contribution is -2.48. The molecule has 1 saturated heterocycles. The first-order valence-corrected chi connectivity index (χ1v) is 6.77. The minimum Gasteiger partial charge on any atom is -0.355 e. The van der Waals surface area contributed by atoms with E-state index >= 15 is 0 Å². The molecule has 19 heavy (non-hydrogen) atoms. The third-order valence-electron chi connectivity index (χ3n) is 3.27. The summed E-state index contributed by atoms with van der Waals surface area (Å²) >= 11 is 11.8. The molecule has 0 aromatic heterocycles. The van der Waals surface area contributed by atoms with Gasteiger partial charge in [0.15, 0.2) is 0 Å². The van der Waals surface area contributed by atoms with Gasteiger partial charge in [-0.05, 0) is 24.6 Å². The van der Waals surface area contributed by atoms with Gasteiger partial charge in [-0.15, -0.1) is 12.4 Å². The van der Waals surface area contributed by atoms with Gasteiger partial charge in [0, 0.05) is 25.6 Å². The molecular formula is C13H17Cl3N2O. The molecule has 106 valence electrons. The summed E-state index contributed by atoms with van der Waals surface area (Å²) in [6, 6.07) is 5.31. The van der Waals surface area contributed by atoms with E-state index in [1.54, 1.807) is 12.1 Å². The first kappa shape index (κ1) is 16.6. The first-order valence-electron chi connectivity index (χ1n) is 6.01. The topological polar surface area (TPSA) is 41.1 Å². The van der Waals surface area contributed by atoms with Crippen molar-refractivity contribution in [3.8, 4) is 0 Å². The normalized spacial score (nSPS) is 16.2. The highest BCUT2D eigenvalue weighted by atomic mass is 35.5. The summed E-state index contributed by atoms with van der Waals surface area (Å²) in [6.45, 7) is 4.58. The molecule has 0 spiro atoms. The predicted octanol–water partition coefficient (Wildman–Crippen LogP) is 2.85. The lowest BCUT2D eigenvalue weighted by Gasteiger charge is -2.27. The number of amides is 1. The summed E-state index contributed by atoms with van der Waals surface area (Å²) < 4.78 is 0. The molecule has 1 aliphatic rings. The molecule has 1 unspecified atom stereocenters. The zero-order chi connectivity index (χ0) is 13.1. The molecule has 2 rings (SSSR count). The van der Waals surface area contributed by atoms with Crippen LogP contribution >= 0.6 is 35.6 Å². The van der Waals surface area contributed by atoms with Crippen molar-refractivity contribution in [2.45, 2.75) is 12.8 Å². The maximum absolute atomic E-state index is 12.0. The maximum Gasteiger partial charge on any atom is 0.227 e. The molecule has 1 amide bonds. The molecule has 0 saturated carbocycles. The van der Waals surface area contributed by atoms with Gasteiger partial charge in [0.05, 0.1) is 16.0 Å². The number of halogens is 3. The van der Waals surface area contributed by atoms with Gasteiger partial charge < -0.3 is 10.6 Å². The van der Waals surface area contributed by atoms with Gasteiger partial charge in [0.25, 0.3) is 0 Å². The molecule has 2 N–H and O–H groups in total. The zero-order valence-corrected chi connectivity index (χ0v) is 12.9. The number of carbonyl (C=O) groups excluding carboxylic acids is 1. The van der Waals surface area contributed by atoms with Gasteiger partial charge in [-0.2, -0.15) is 0 Å². The van der Waals surface area contributed by atoms with E-state index in [0.29, 0.717) is 16.0 Å². The first-order chi connectivity index (χ1) is 8.58. The van der Waals surface area contributed by atoms with Crippen molar-refractivity contribution >= 4 is 41.5 Å². The van der Waals surface area contributed by atoms with Crippen LogP contribution in [0.5, 0.6) is 0 Å². The van der Waals surface area contributed by atoms with Crippen molar-refractivity contribution in [2.24, 2.45) is 5.92 Å². The molecule has 1 aromatic rings. The third kappa shape index (κ3) is 4.25. The van der Waals surface area contributed by atoms with E-state index in [4.69, 9.17) is 23.2 Å². The number of carbonyl (C=O) groups is 1. The van der Waals surface area contributed by atoms with E-state index in [0.717, 1.165) is 25.2 Å².